The minimum atomic E-state index is 0.402. The van der Waals surface area contributed by atoms with Gasteiger partial charge in [-0.1, -0.05) is 64.0 Å². The Morgan fingerprint density at radius 2 is 1.77 bits per heavy atom. The Labute approximate surface area is 136 Å². The quantitative estimate of drug-likeness (QED) is 0.591. The molecule has 0 aliphatic carbocycles. The molecule has 1 aliphatic heterocycles. The van der Waals surface area contributed by atoms with E-state index in [1.807, 2.05) is 12.1 Å². The molecule has 1 unspecified atom stereocenters. The summed E-state index contributed by atoms with van der Waals surface area (Å²) in [7, 11) is 0. The van der Waals surface area contributed by atoms with Gasteiger partial charge in [0.25, 0.3) is 0 Å². The zero-order valence-corrected chi connectivity index (χ0v) is 14.3. The first-order valence-electron chi connectivity index (χ1n) is 9.31. The van der Waals surface area contributed by atoms with E-state index < -0.39 is 0 Å². The maximum atomic E-state index is 9.60. The van der Waals surface area contributed by atoms with Crippen LogP contribution in [0.15, 0.2) is 24.3 Å². The van der Waals surface area contributed by atoms with Gasteiger partial charge in [0.2, 0.25) is 0 Å². The third-order valence-corrected chi connectivity index (χ3v) is 4.94. The topological polar surface area (TPSA) is 23.5 Å². The fraction of sp³-hybridized carbons (Fsp3) is 0.700. The summed E-state index contributed by atoms with van der Waals surface area (Å²) in [5.74, 6) is 1.01. The average molecular weight is 303 g/mol. The number of likely N-dealkylation sites (tertiary alicyclic amines) is 1. The van der Waals surface area contributed by atoms with Gasteiger partial charge >= 0.3 is 0 Å². The van der Waals surface area contributed by atoms with Crippen molar-refractivity contribution in [3.8, 4) is 5.75 Å². The largest absolute Gasteiger partial charge is 0.508 e. The molecule has 1 aliphatic rings. The number of nitrogens with zero attached hydrogens (tertiary/aromatic N) is 1. The van der Waals surface area contributed by atoms with Gasteiger partial charge in [-0.25, -0.2) is 0 Å². The lowest BCUT2D eigenvalue weighted by Gasteiger charge is -2.16. The first kappa shape index (κ1) is 17.3. The second kappa shape index (κ2) is 9.89. The van der Waals surface area contributed by atoms with Crippen LogP contribution in [0.25, 0.3) is 0 Å². The van der Waals surface area contributed by atoms with E-state index in [0.717, 1.165) is 0 Å². The van der Waals surface area contributed by atoms with Crippen molar-refractivity contribution < 1.29 is 5.11 Å². The number of aromatic hydroxyl groups is 1. The number of hydrogen-bond acceptors (Lipinski definition) is 2. The molecule has 0 aromatic heterocycles. The van der Waals surface area contributed by atoms with Crippen LogP contribution >= 0.6 is 0 Å². The highest BCUT2D eigenvalue weighted by molar-refractivity contribution is 5.30. The molecule has 1 N–H and O–H groups in total. The number of hydrogen-bond donors (Lipinski definition) is 1. The summed E-state index contributed by atoms with van der Waals surface area (Å²) in [6, 6.07) is 7.82. The molecule has 1 fully saturated rings. The average Bonchev–Trinajstić information content (AvgIpc) is 2.99. The van der Waals surface area contributed by atoms with Crippen LogP contribution in [0.2, 0.25) is 0 Å². The van der Waals surface area contributed by atoms with Crippen LogP contribution in [0.1, 0.15) is 76.2 Å². The predicted octanol–water partition coefficient (Wildman–Crippen LogP) is 5.32. The molecule has 0 bridgehead atoms. The molecule has 0 amide bonds. The first-order chi connectivity index (χ1) is 10.8. The summed E-state index contributed by atoms with van der Waals surface area (Å²) in [6.07, 6.45) is 12.4. The highest BCUT2D eigenvalue weighted by Crippen LogP contribution is 2.29. The van der Waals surface area contributed by atoms with Crippen molar-refractivity contribution in [1.82, 2.24) is 4.90 Å². The van der Waals surface area contributed by atoms with Crippen molar-refractivity contribution in [3.05, 3.63) is 29.8 Å². The van der Waals surface area contributed by atoms with Gasteiger partial charge in [0.1, 0.15) is 5.75 Å². The van der Waals surface area contributed by atoms with E-state index in [9.17, 15) is 5.11 Å². The van der Waals surface area contributed by atoms with Crippen LogP contribution in [0.4, 0.5) is 0 Å². The van der Waals surface area contributed by atoms with Gasteiger partial charge in [-0.15, -0.1) is 0 Å². The third kappa shape index (κ3) is 6.00. The second-order valence-electron chi connectivity index (χ2n) is 6.86. The number of phenols is 1. The Balaban J connectivity index is 1.55. The number of phenolic OH excluding ortho intramolecular Hbond substituents is 1. The standard InChI is InChI=1S/C20H33NO/c1-2-3-4-5-6-7-8-9-14-21-15-13-19(17-21)18-11-10-12-20(22)16-18/h10-12,16,19,22H,2-9,13-15,17H2,1H3. The summed E-state index contributed by atoms with van der Waals surface area (Å²) < 4.78 is 0. The summed E-state index contributed by atoms with van der Waals surface area (Å²) in [4.78, 5) is 2.60. The molecule has 1 heterocycles. The van der Waals surface area contributed by atoms with E-state index in [-0.39, 0.29) is 0 Å². The fourth-order valence-corrected chi connectivity index (χ4v) is 3.56. The zero-order valence-electron chi connectivity index (χ0n) is 14.3. The Bertz CT molecular complexity index is 418. The molecule has 1 aromatic rings. The summed E-state index contributed by atoms with van der Waals surface area (Å²) >= 11 is 0. The van der Waals surface area contributed by atoms with Crippen molar-refractivity contribution in [2.75, 3.05) is 19.6 Å². The molecule has 2 rings (SSSR count). The molecule has 1 aromatic carbocycles. The minimum Gasteiger partial charge on any atom is -0.508 e. The monoisotopic (exact) mass is 303 g/mol. The van der Waals surface area contributed by atoms with E-state index in [2.05, 4.69) is 17.9 Å². The highest BCUT2D eigenvalue weighted by Gasteiger charge is 2.23. The lowest BCUT2D eigenvalue weighted by Crippen LogP contribution is -2.21. The Morgan fingerprint density at radius 3 is 2.50 bits per heavy atom. The van der Waals surface area contributed by atoms with Gasteiger partial charge in [-0.3, -0.25) is 0 Å². The molecule has 2 nitrogen and oxygen atoms in total. The maximum absolute atomic E-state index is 9.60. The molecule has 124 valence electrons. The Kier molecular flexibility index (Phi) is 7.79. The predicted molar refractivity (Wildman–Crippen MR) is 94.5 cm³/mol. The van der Waals surface area contributed by atoms with E-state index in [4.69, 9.17) is 0 Å². The van der Waals surface area contributed by atoms with E-state index in [1.54, 1.807) is 6.07 Å². The summed E-state index contributed by atoms with van der Waals surface area (Å²) in [6.45, 7) is 5.92. The van der Waals surface area contributed by atoms with Crippen LogP contribution in [-0.4, -0.2) is 29.6 Å². The van der Waals surface area contributed by atoms with Gasteiger partial charge in [0.15, 0.2) is 0 Å². The van der Waals surface area contributed by atoms with Gasteiger partial charge in [0.05, 0.1) is 0 Å². The van der Waals surface area contributed by atoms with Gasteiger partial charge in [-0.2, -0.15) is 0 Å². The van der Waals surface area contributed by atoms with Gasteiger partial charge in [-0.05, 0) is 49.5 Å². The van der Waals surface area contributed by atoms with Crippen molar-refractivity contribution in [2.24, 2.45) is 0 Å². The molecular formula is C20H33NO. The minimum absolute atomic E-state index is 0.402. The fourth-order valence-electron chi connectivity index (χ4n) is 3.56. The van der Waals surface area contributed by atoms with E-state index in [0.29, 0.717) is 11.7 Å². The van der Waals surface area contributed by atoms with Crippen molar-refractivity contribution in [2.45, 2.75) is 70.6 Å². The van der Waals surface area contributed by atoms with Crippen LogP contribution < -0.4 is 0 Å². The molecule has 22 heavy (non-hydrogen) atoms. The molecule has 1 saturated heterocycles. The third-order valence-electron chi connectivity index (χ3n) is 4.94. The normalized spacial score (nSPS) is 18.9. The second-order valence-corrected chi connectivity index (χ2v) is 6.86. The highest BCUT2D eigenvalue weighted by atomic mass is 16.3. The molecule has 0 spiro atoms. The smallest absolute Gasteiger partial charge is 0.115 e. The molecule has 0 saturated carbocycles. The van der Waals surface area contributed by atoms with Crippen molar-refractivity contribution in [1.29, 1.82) is 0 Å². The first-order valence-corrected chi connectivity index (χ1v) is 9.31. The Hall–Kier alpha value is -1.02. The van der Waals surface area contributed by atoms with Gasteiger partial charge in [0, 0.05) is 6.54 Å². The molecule has 2 heteroatoms. The Morgan fingerprint density at radius 1 is 1.05 bits per heavy atom. The van der Waals surface area contributed by atoms with Crippen molar-refractivity contribution >= 4 is 0 Å². The maximum Gasteiger partial charge on any atom is 0.115 e. The summed E-state index contributed by atoms with van der Waals surface area (Å²) in [5.41, 5.74) is 1.30. The van der Waals surface area contributed by atoms with Crippen LogP contribution in [0, 0.1) is 0 Å². The molecule has 1 atom stereocenters. The zero-order chi connectivity index (χ0) is 15.6. The number of unbranched alkanes of at least 4 members (excludes halogenated alkanes) is 7. The lowest BCUT2D eigenvalue weighted by molar-refractivity contribution is 0.323. The molecule has 0 radical (unpaired) electrons. The SMILES string of the molecule is CCCCCCCCCCN1CCC(c2cccc(O)c2)C1. The molecular weight excluding hydrogens is 270 g/mol. The van der Waals surface area contributed by atoms with Gasteiger partial charge < -0.3 is 10.0 Å². The van der Waals surface area contributed by atoms with Crippen molar-refractivity contribution in [3.63, 3.8) is 0 Å². The number of rotatable bonds is 10. The number of benzene rings is 1. The van der Waals surface area contributed by atoms with Crippen LogP contribution in [0.3, 0.4) is 0 Å². The lowest BCUT2D eigenvalue weighted by atomic mass is 9.98. The van der Waals surface area contributed by atoms with E-state index >= 15 is 0 Å². The summed E-state index contributed by atoms with van der Waals surface area (Å²) in [5, 5.41) is 9.60. The van der Waals surface area contributed by atoms with E-state index in [1.165, 1.54) is 83.0 Å². The van der Waals surface area contributed by atoms with Crippen LogP contribution in [-0.2, 0) is 0 Å². The van der Waals surface area contributed by atoms with Crippen LogP contribution in [0.5, 0.6) is 5.75 Å².